The van der Waals surface area contributed by atoms with Crippen LogP contribution in [0.5, 0.6) is 0 Å². The van der Waals surface area contributed by atoms with Crippen molar-refractivity contribution in [3.05, 3.63) is 96.2 Å². The van der Waals surface area contributed by atoms with Crippen molar-refractivity contribution in [2.75, 3.05) is 13.6 Å². The number of aromatic nitrogens is 2. The van der Waals surface area contributed by atoms with Crippen LogP contribution in [0.3, 0.4) is 0 Å². The van der Waals surface area contributed by atoms with Crippen molar-refractivity contribution in [3.63, 3.8) is 0 Å². The third-order valence-corrected chi connectivity index (χ3v) is 4.86. The lowest BCUT2D eigenvalue weighted by molar-refractivity contribution is -0.125. The molecule has 2 aromatic rings. The first-order valence-electron chi connectivity index (χ1n) is 10.9. The average Bonchev–Trinajstić information content (AvgIpc) is 3.27. The molecule has 33 heavy (non-hydrogen) atoms. The number of hydrogen-bond donors (Lipinski definition) is 0. The smallest absolute Gasteiger partial charge is 0.249 e. The maximum Gasteiger partial charge on any atom is 0.249 e. The molecule has 0 saturated heterocycles. The fourth-order valence-corrected chi connectivity index (χ4v) is 2.57. The Morgan fingerprint density at radius 1 is 1.27 bits per heavy atom. The van der Waals surface area contributed by atoms with Crippen LogP contribution in [0.15, 0.2) is 77.7 Å². The summed E-state index contributed by atoms with van der Waals surface area (Å²) < 4.78 is 30.2. The van der Waals surface area contributed by atoms with E-state index in [4.69, 9.17) is 4.52 Å². The second-order valence-corrected chi connectivity index (χ2v) is 7.46. The molecule has 1 aromatic carbocycles. The number of benzene rings is 1. The number of amides is 1. The third kappa shape index (κ3) is 10.2. The molecule has 2 rings (SSSR count). The Morgan fingerprint density at radius 2 is 1.94 bits per heavy atom. The van der Waals surface area contributed by atoms with E-state index in [1.807, 2.05) is 6.92 Å². The number of likely N-dealkylation sites (N-methyl/N-ethyl adjacent to an activating group) is 1. The highest BCUT2D eigenvalue weighted by Gasteiger charge is 2.12. The van der Waals surface area contributed by atoms with Gasteiger partial charge in [-0.05, 0) is 43.5 Å². The van der Waals surface area contributed by atoms with Crippen LogP contribution in [0.25, 0.3) is 0 Å². The lowest BCUT2D eigenvalue weighted by Gasteiger charge is -2.15. The SMILES string of the molecule is C=C/C=C(\C/C=C\C(=C)F)C(=O)N(C)CC.CC[C@@H](C)c1noc(Cc2ccc(F)cc2)n1. The Bertz CT molecular complexity index is 962. The molecule has 0 unspecified atom stereocenters. The molecule has 0 N–H and O–H groups in total. The molecule has 7 heteroatoms. The zero-order valence-corrected chi connectivity index (χ0v) is 19.9. The number of allylic oxidation sites excluding steroid dienone is 5. The van der Waals surface area contributed by atoms with Crippen molar-refractivity contribution in [1.29, 1.82) is 0 Å². The Kier molecular flexibility index (Phi) is 12.3. The van der Waals surface area contributed by atoms with Gasteiger partial charge in [0.2, 0.25) is 11.8 Å². The first kappa shape index (κ1) is 27.7. The van der Waals surface area contributed by atoms with E-state index >= 15 is 0 Å². The molecule has 1 amide bonds. The first-order chi connectivity index (χ1) is 15.7. The fourth-order valence-electron chi connectivity index (χ4n) is 2.57. The van der Waals surface area contributed by atoms with Crippen LogP contribution < -0.4 is 0 Å². The molecule has 1 aromatic heterocycles. The second-order valence-electron chi connectivity index (χ2n) is 7.46. The maximum absolute atomic E-state index is 12.7. The number of rotatable bonds is 10. The van der Waals surface area contributed by atoms with E-state index in [0.29, 0.717) is 36.8 Å². The van der Waals surface area contributed by atoms with Crippen molar-refractivity contribution >= 4 is 5.91 Å². The molecular weight excluding hydrogens is 424 g/mol. The highest BCUT2D eigenvalue weighted by molar-refractivity contribution is 5.93. The normalized spacial score (nSPS) is 12.1. The number of carbonyl (C=O) groups is 1. The van der Waals surface area contributed by atoms with Crippen LogP contribution >= 0.6 is 0 Å². The van der Waals surface area contributed by atoms with Crippen LogP contribution in [0.4, 0.5) is 8.78 Å². The predicted octanol–water partition coefficient (Wildman–Crippen LogP) is 6.32. The Morgan fingerprint density at radius 3 is 2.48 bits per heavy atom. The van der Waals surface area contributed by atoms with E-state index in [1.54, 1.807) is 42.3 Å². The van der Waals surface area contributed by atoms with Crippen molar-refractivity contribution < 1.29 is 18.1 Å². The summed E-state index contributed by atoms with van der Waals surface area (Å²) in [7, 11) is 1.72. The van der Waals surface area contributed by atoms with E-state index in [2.05, 4.69) is 37.1 Å². The van der Waals surface area contributed by atoms with E-state index < -0.39 is 5.83 Å². The van der Waals surface area contributed by atoms with Crippen LogP contribution in [-0.2, 0) is 11.2 Å². The Labute approximate surface area is 195 Å². The quantitative estimate of drug-likeness (QED) is 0.309. The van der Waals surface area contributed by atoms with Crippen LogP contribution in [0.1, 0.15) is 56.8 Å². The number of carbonyl (C=O) groups excluding carboxylic acids is 1. The fraction of sp³-hybridized carbons (Fsp3) is 0.346. The van der Waals surface area contributed by atoms with Crippen molar-refractivity contribution in [2.24, 2.45) is 0 Å². The van der Waals surface area contributed by atoms with Crippen LogP contribution in [0, 0.1) is 5.82 Å². The van der Waals surface area contributed by atoms with Crippen LogP contribution in [0.2, 0.25) is 0 Å². The standard InChI is InChI=1S/C13H15FN2O.C13H18FNO/c1-3-9(2)13-15-12(17-16-13)8-10-4-6-11(14)7-5-10;1-5-8-12(10-7-9-11(3)14)13(16)15(4)6-2/h4-7,9H,3,8H2,1-2H3;5,7-9H,1,3,6,10H2,2,4H3/b;9-7-,12-8+/t9-;/m1./s1. The molecular formula is C26H33F2N3O2. The maximum atomic E-state index is 12.7. The molecule has 0 radical (unpaired) electrons. The van der Waals surface area contributed by atoms with Gasteiger partial charge in [-0.15, -0.1) is 0 Å². The van der Waals surface area contributed by atoms with E-state index in [0.717, 1.165) is 17.8 Å². The molecule has 5 nitrogen and oxygen atoms in total. The highest BCUT2D eigenvalue weighted by Crippen LogP contribution is 2.16. The van der Waals surface area contributed by atoms with Gasteiger partial charge in [-0.2, -0.15) is 4.98 Å². The number of nitrogens with zero attached hydrogens (tertiary/aromatic N) is 3. The largest absolute Gasteiger partial charge is 0.342 e. The van der Waals surface area contributed by atoms with Gasteiger partial charge in [0.05, 0.1) is 6.42 Å². The highest BCUT2D eigenvalue weighted by atomic mass is 19.1. The lowest BCUT2D eigenvalue weighted by Crippen LogP contribution is -2.27. The van der Waals surface area contributed by atoms with E-state index in [9.17, 15) is 13.6 Å². The molecule has 0 aliphatic heterocycles. The third-order valence-electron chi connectivity index (χ3n) is 4.86. The molecule has 0 spiro atoms. The first-order valence-corrected chi connectivity index (χ1v) is 10.9. The minimum Gasteiger partial charge on any atom is -0.342 e. The molecule has 0 bridgehead atoms. The molecule has 1 atom stereocenters. The molecule has 0 saturated carbocycles. The summed E-state index contributed by atoms with van der Waals surface area (Å²) >= 11 is 0. The van der Waals surface area contributed by atoms with E-state index in [1.165, 1.54) is 18.2 Å². The molecule has 178 valence electrons. The van der Waals surface area contributed by atoms with Gasteiger partial charge in [0, 0.05) is 25.1 Å². The number of halogens is 2. The topological polar surface area (TPSA) is 59.2 Å². The van der Waals surface area contributed by atoms with Crippen molar-refractivity contribution in [1.82, 2.24) is 15.0 Å². The van der Waals surface area contributed by atoms with Gasteiger partial charge in [-0.3, -0.25) is 4.79 Å². The minimum atomic E-state index is -0.519. The van der Waals surface area contributed by atoms with Gasteiger partial charge < -0.3 is 9.42 Å². The minimum absolute atomic E-state index is 0.0727. The van der Waals surface area contributed by atoms with Crippen molar-refractivity contribution in [3.8, 4) is 0 Å². The van der Waals surface area contributed by atoms with Gasteiger partial charge in [-0.1, -0.05) is 62.5 Å². The zero-order chi connectivity index (χ0) is 24.8. The number of hydrogen-bond acceptors (Lipinski definition) is 4. The summed E-state index contributed by atoms with van der Waals surface area (Å²) in [6, 6.07) is 6.31. The summed E-state index contributed by atoms with van der Waals surface area (Å²) in [4.78, 5) is 17.7. The summed E-state index contributed by atoms with van der Waals surface area (Å²) in [5.74, 6) is 0.794. The predicted molar refractivity (Wildman–Crippen MR) is 128 cm³/mol. The second kappa shape index (κ2) is 14.7. The summed E-state index contributed by atoms with van der Waals surface area (Å²) in [5.41, 5.74) is 1.54. The van der Waals surface area contributed by atoms with Crippen molar-refractivity contribution in [2.45, 2.75) is 46.0 Å². The summed E-state index contributed by atoms with van der Waals surface area (Å²) in [6.45, 7) is 13.3. The van der Waals surface area contributed by atoms with Gasteiger partial charge in [0.15, 0.2) is 5.82 Å². The lowest BCUT2D eigenvalue weighted by atomic mass is 10.1. The zero-order valence-electron chi connectivity index (χ0n) is 19.9. The Balaban J connectivity index is 0.000000331. The van der Waals surface area contributed by atoms with Crippen LogP contribution in [-0.4, -0.2) is 34.5 Å². The van der Waals surface area contributed by atoms with Gasteiger partial charge >= 0.3 is 0 Å². The molecule has 1 heterocycles. The molecule has 0 fully saturated rings. The molecule has 0 aliphatic rings. The average molecular weight is 458 g/mol. The summed E-state index contributed by atoms with van der Waals surface area (Å²) in [6.07, 6.45) is 7.90. The van der Waals surface area contributed by atoms with Gasteiger partial charge in [0.1, 0.15) is 11.6 Å². The molecule has 0 aliphatic carbocycles. The van der Waals surface area contributed by atoms with Gasteiger partial charge in [0.25, 0.3) is 0 Å². The van der Waals surface area contributed by atoms with Gasteiger partial charge in [-0.25, -0.2) is 8.78 Å². The Hall–Kier alpha value is -3.35. The van der Waals surface area contributed by atoms with E-state index in [-0.39, 0.29) is 11.7 Å². The summed E-state index contributed by atoms with van der Waals surface area (Å²) in [5, 5.41) is 3.94. The monoisotopic (exact) mass is 457 g/mol.